The zero-order valence-corrected chi connectivity index (χ0v) is 32.0. The SMILES string of the molecule is Cc1cc(C2=NC(c3cc(C)c(F)c(C(F)(F)F)c3)=c3cc4c(cc32)=C(c2cc(C(F)(F)F)c(F)c(C(F)(F)F)c2)N=C4c2cc(C(F)(F)F)c(F)c(C(F)(F)F)c2)cc(C(F)(F)F)c1F. The summed E-state index contributed by atoms with van der Waals surface area (Å²) in [6, 6.07) is 1.86. The molecule has 0 bridgehead atoms. The van der Waals surface area contributed by atoms with Crippen LogP contribution in [0.5, 0.6) is 0 Å². The fourth-order valence-electron chi connectivity index (χ4n) is 7.30. The van der Waals surface area contributed by atoms with E-state index in [4.69, 9.17) is 0 Å². The Morgan fingerprint density at radius 3 is 0.818 bits per heavy atom. The number of hydrogen-bond donors (Lipinski definition) is 0. The summed E-state index contributed by atoms with van der Waals surface area (Å²) in [5, 5.41) is -1.51. The first-order chi connectivity index (χ1) is 30.0. The Morgan fingerprint density at radius 2 is 0.530 bits per heavy atom. The van der Waals surface area contributed by atoms with Crippen molar-refractivity contribution in [3.8, 4) is 0 Å². The first-order valence-corrected chi connectivity index (χ1v) is 17.8. The monoisotopic (exact) mass is 966 g/mol. The first-order valence-electron chi connectivity index (χ1n) is 17.8. The van der Waals surface area contributed by atoms with Crippen LogP contribution in [0.4, 0.5) is 96.6 Å². The predicted molar refractivity (Wildman–Crippen MR) is 187 cm³/mol. The van der Waals surface area contributed by atoms with Crippen molar-refractivity contribution in [1.29, 1.82) is 0 Å². The summed E-state index contributed by atoms with van der Waals surface area (Å²) >= 11 is 0. The van der Waals surface area contributed by atoms with E-state index in [1.807, 2.05) is 0 Å². The van der Waals surface area contributed by atoms with Gasteiger partial charge in [-0.2, -0.15) is 79.0 Å². The lowest BCUT2D eigenvalue weighted by molar-refractivity contribution is -0.149. The molecule has 5 aromatic rings. The van der Waals surface area contributed by atoms with Crippen molar-refractivity contribution in [3.05, 3.63) is 172 Å². The van der Waals surface area contributed by atoms with Gasteiger partial charge in [-0.25, -0.2) is 27.5 Å². The number of nitrogens with zero attached hydrogens (tertiary/aromatic N) is 2. The lowest BCUT2D eigenvalue weighted by atomic mass is 9.91. The smallest absolute Gasteiger partial charge is 0.246 e. The molecule has 348 valence electrons. The van der Waals surface area contributed by atoms with E-state index in [2.05, 4.69) is 9.98 Å². The maximum absolute atomic E-state index is 14.9. The van der Waals surface area contributed by atoms with Gasteiger partial charge < -0.3 is 0 Å². The van der Waals surface area contributed by atoms with Crippen LogP contribution in [0.2, 0.25) is 0 Å². The van der Waals surface area contributed by atoms with Gasteiger partial charge in [-0.15, -0.1) is 0 Å². The maximum Gasteiger partial charge on any atom is 0.419 e. The number of benzene rings is 5. The second kappa shape index (κ2) is 15.1. The number of fused-ring (bicyclic) bond motifs is 2. The van der Waals surface area contributed by atoms with Crippen molar-refractivity contribution in [3.63, 3.8) is 0 Å². The van der Waals surface area contributed by atoms with Gasteiger partial charge in [0.1, 0.15) is 23.3 Å². The molecule has 2 aliphatic rings. The molecule has 0 unspecified atom stereocenters. The highest BCUT2D eigenvalue weighted by Gasteiger charge is 2.45. The maximum atomic E-state index is 14.9. The van der Waals surface area contributed by atoms with Crippen LogP contribution >= 0.6 is 0 Å². The Balaban J connectivity index is 1.69. The minimum atomic E-state index is -5.95. The fourth-order valence-corrected chi connectivity index (χ4v) is 7.30. The average Bonchev–Trinajstić information content (AvgIpc) is 3.72. The van der Waals surface area contributed by atoms with Gasteiger partial charge in [0.05, 0.1) is 56.2 Å². The van der Waals surface area contributed by atoms with Crippen LogP contribution in [0.1, 0.15) is 77.9 Å². The van der Waals surface area contributed by atoms with E-state index in [9.17, 15) is 96.6 Å². The molecular formula is C42H16F22N2. The molecule has 5 aromatic carbocycles. The molecule has 0 saturated carbocycles. The second-order valence-corrected chi connectivity index (χ2v) is 14.6. The van der Waals surface area contributed by atoms with Crippen molar-refractivity contribution in [2.24, 2.45) is 9.98 Å². The summed E-state index contributed by atoms with van der Waals surface area (Å²) in [5.74, 6) is -9.47. The van der Waals surface area contributed by atoms with Crippen LogP contribution in [-0.4, -0.2) is 11.4 Å². The van der Waals surface area contributed by atoms with Crippen molar-refractivity contribution in [2.45, 2.75) is 50.9 Å². The molecule has 0 aromatic heterocycles. The number of aliphatic imine (C=N–C) groups is 2. The molecule has 7 rings (SSSR count). The zero-order valence-electron chi connectivity index (χ0n) is 32.0. The second-order valence-electron chi connectivity index (χ2n) is 14.6. The highest BCUT2D eigenvalue weighted by Crippen LogP contribution is 2.44. The van der Waals surface area contributed by atoms with Crippen molar-refractivity contribution >= 4 is 22.8 Å². The molecule has 0 amide bonds. The van der Waals surface area contributed by atoms with E-state index in [1.165, 1.54) is 0 Å². The molecule has 66 heavy (non-hydrogen) atoms. The summed E-state index contributed by atoms with van der Waals surface area (Å²) in [4.78, 5) is 7.94. The highest BCUT2D eigenvalue weighted by atomic mass is 19.4. The summed E-state index contributed by atoms with van der Waals surface area (Å²) in [6.45, 7) is 1.64. The first kappa shape index (κ1) is 47.6. The van der Waals surface area contributed by atoms with Crippen molar-refractivity contribution in [1.82, 2.24) is 0 Å². The van der Waals surface area contributed by atoms with Crippen LogP contribution in [0.3, 0.4) is 0 Å². The van der Waals surface area contributed by atoms with Crippen molar-refractivity contribution in [2.75, 3.05) is 0 Å². The quantitative estimate of drug-likeness (QED) is 0.160. The van der Waals surface area contributed by atoms with Crippen molar-refractivity contribution < 1.29 is 96.6 Å². The van der Waals surface area contributed by atoms with E-state index in [-0.39, 0.29) is 36.4 Å². The molecule has 2 heterocycles. The highest BCUT2D eigenvalue weighted by molar-refractivity contribution is 6.21. The Kier molecular flexibility index (Phi) is 10.9. The van der Waals surface area contributed by atoms with Crippen LogP contribution < -0.4 is 10.4 Å². The Bertz CT molecular complexity index is 3030. The molecule has 0 aliphatic carbocycles. The van der Waals surface area contributed by atoms with E-state index in [0.717, 1.165) is 13.8 Å². The molecule has 0 N–H and O–H groups in total. The molecule has 24 heteroatoms. The molecular weight excluding hydrogens is 950 g/mol. The van der Waals surface area contributed by atoms with Crippen LogP contribution in [0.25, 0.3) is 11.4 Å². The number of alkyl halides is 18. The molecule has 0 radical (unpaired) electrons. The molecule has 0 saturated heterocycles. The molecule has 0 atom stereocenters. The van der Waals surface area contributed by atoms with Gasteiger partial charge in [0.2, 0.25) is 0 Å². The predicted octanol–water partition coefficient (Wildman–Crippen LogP) is 13.0. The van der Waals surface area contributed by atoms with Crippen LogP contribution in [-0.2, 0) is 37.1 Å². The normalized spacial score (nSPS) is 14.8. The average molecular weight is 967 g/mol. The van der Waals surface area contributed by atoms with E-state index in [0.29, 0.717) is 24.3 Å². The van der Waals surface area contributed by atoms with E-state index < -0.39 is 171 Å². The summed E-state index contributed by atoms with van der Waals surface area (Å²) in [5.41, 5.74) is -25.7. The molecule has 2 nitrogen and oxygen atoms in total. The van der Waals surface area contributed by atoms with E-state index in [1.54, 1.807) is 0 Å². The zero-order chi connectivity index (χ0) is 49.3. The summed E-state index contributed by atoms with van der Waals surface area (Å²) in [7, 11) is 0. The number of rotatable bonds is 4. The number of aryl methyl sites for hydroxylation is 2. The number of hydrogen-bond acceptors (Lipinski definition) is 2. The third kappa shape index (κ3) is 8.26. The third-order valence-electron chi connectivity index (χ3n) is 10.2. The van der Waals surface area contributed by atoms with Crippen LogP contribution in [0, 0.1) is 37.1 Å². The van der Waals surface area contributed by atoms with Gasteiger partial charge in [-0.1, -0.05) is 0 Å². The van der Waals surface area contributed by atoms with Gasteiger partial charge in [0, 0.05) is 43.8 Å². The molecule has 0 fully saturated rings. The van der Waals surface area contributed by atoms with Gasteiger partial charge in [0.15, 0.2) is 0 Å². The standard InChI is InChI=1S/C42H16F22N2/c1-13-3-15(5-23(29(13)43)37(47,48)49)33-19-11-21-22(12-20(19)34(65-33)16-4-14(2)30(44)24(6-16)38(50,51)52)36(18-9-27(41(59,60)61)32(46)28(10-18)42(62,63)64)66-35(21)17-7-25(39(53,54)55)31(45)26(8-17)40(56,57)58/h3-12H,1-2H3. The van der Waals surface area contributed by atoms with Gasteiger partial charge in [-0.05, 0) is 85.6 Å². The fraction of sp³-hybridized carbons (Fsp3) is 0.190. The topological polar surface area (TPSA) is 24.7 Å². The molecule has 2 aliphatic heterocycles. The summed E-state index contributed by atoms with van der Waals surface area (Å²) in [6.07, 6.45) is -34.7. The minimum absolute atomic E-state index is 0.145. The molecule has 0 spiro atoms. The third-order valence-corrected chi connectivity index (χ3v) is 10.2. The van der Waals surface area contributed by atoms with Gasteiger partial charge in [-0.3, -0.25) is 0 Å². The summed E-state index contributed by atoms with van der Waals surface area (Å²) < 4.78 is 313. The lowest BCUT2D eigenvalue weighted by Gasteiger charge is -2.16. The largest absolute Gasteiger partial charge is 0.419 e. The van der Waals surface area contributed by atoms with Gasteiger partial charge in [0.25, 0.3) is 0 Å². The van der Waals surface area contributed by atoms with Gasteiger partial charge >= 0.3 is 37.1 Å². The number of halogens is 22. The van der Waals surface area contributed by atoms with Crippen LogP contribution in [0.15, 0.2) is 70.6 Å². The minimum Gasteiger partial charge on any atom is -0.246 e. The Hall–Kier alpha value is -6.36. The lowest BCUT2D eigenvalue weighted by Crippen LogP contribution is -2.25. The van der Waals surface area contributed by atoms with E-state index >= 15 is 0 Å². The Labute approximate surface area is 352 Å². The Morgan fingerprint density at radius 1 is 0.303 bits per heavy atom.